The van der Waals surface area contributed by atoms with Crippen LogP contribution in [0.2, 0.25) is 0 Å². The lowest BCUT2D eigenvalue weighted by Crippen LogP contribution is -2.43. The molecule has 7 nitrogen and oxygen atoms in total. The maximum atomic E-state index is 13.8. The van der Waals surface area contributed by atoms with Crippen molar-refractivity contribution in [2.24, 2.45) is 0 Å². The van der Waals surface area contributed by atoms with E-state index >= 15 is 0 Å². The minimum Gasteiger partial charge on any atom is -0.481 e. The van der Waals surface area contributed by atoms with E-state index in [4.69, 9.17) is 4.74 Å². The Balaban J connectivity index is 1.32. The maximum absolute atomic E-state index is 13.8. The van der Waals surface area contributed by atoms with Gasteiger partial charge in [-0.15, -0.1) is 11.3 Å². The van der Waals surface area contributed by atoms with Crippen LogP contribution in [0.4, 0.5) is 4.79 Å². The second kappa shape index (κ2) is 12.0. The Morgan fingerprint density at radius 1 is 0.872 bits per heavy atom. The number of alkyl carbamates (subject to hydrolysis) is 1. The average molecular weight is 541 g/mol. The number of nitrogens with zero attached hydrogens (tertiary/aromatic N) is 1. The summed E-state index contributed by atoms with van der Waals surface area (Å²) in [4.78, 5) is 40.3. The van der Waals surface area contributed by atoms with E-state index in [0.717, 1.165) is 27.8 Å². The van der Waals surface area contributed by atoms with E-state index in [1.165, 1.54) is 16.2 Å². The van der Waals surface area contributed by atoms with Gasteiger partial charge in [0.25, 0.3) is 5.91 Å². The van der Waals surface area contributed by atoms with Crippen LogP contribution in [0.5, 0.6) is 0 Å². The molecular weight excluding hydrogens is 512 g/mol. The van der Waals surface area contributed by atoms with E-state index in [0.29, 0.717) is 4.88 Å². The Kier molecular flexibility index (Phi) is 8.03. The fraction of sp³-hybridized carbons (Fsp3) is 0.194. The lowest BCUT2D eigenvalue weighted by atomic mass is 9.98. The van der Waals surface area contributed by atoms with Gasteiger partial charge in [0, 0.05) is 23.9 Å². The van der Waals surface area contributed by atoms with Crippen LogP contribution in [0.1, 0.15) is 39.9 Å². The number of aliphatic carboxylic acids is 1. The Morgan fingerprint density at radius 3 is 2.13 bits per heavy atom. The number of carbonyl (C=O) groups excluding carboxylic acids is 2. The standard InChI is InChI=1S/C31H28N2O5S/c34-28(35)16-17-33(19-21-9-2-1-3-10-21)30(36)29(27-15-8-18-39-27)32-31(37)38-20-26-24-13-6-4-11-22(24)23-12-5-7-14-25(23)26/h1-15,18,26,29H,16-17,19-20H2,(H,32,37)(H,34,35). The molecule has 0 saturated carbocycles. The molecule has 1 heterocycles. The highest BCUT2D eigenvalue weighted by molar-refractivity contribution is 7.10. The molecule has 0 fully saturated rings. The number of nitrogens with one attached hydrogen (secondary N) is 1. The van der Waals surface area contributed by atoms with Crippen LogP contribution in [0.15, 0.2) is 96.4 Å². The summed E-state index contributed by atoms with van der Waals surface area (Å²) in [6.45, 7) is 0.358. The predicted octanol–water partition coefficient (Wildman–Crippen LogP) is 5.83. The Bertz CT molecular complexity index is 1410. The molecule has 2 N–H and O–H groups in total. The van der Waals surface area contributed by atoms with Gasteiger partial charge in [0.15, 0.2) is 0 Å². The summed E-state index contributed by atoms with van der Waals surface area (Å²) in [5, 5.41) is 13.8. The fourth-order valence-corrected chi connectivity index (χ4v) is 5.72. The van der Waals surface area contributed by atoms with Crippen molar-refractivity contribution in [3.05, 3.63) is 118 Å². The molecule has 1 atom stereocenters. The number of carboxylic acid groups (broad SMARTS) is 1. The van der Waals surface area contributed by atoms with Crippen LogP contribution in [0, 0.1) is 0 Å². The van der Waals surface area contributed by atoms with E-state index in [-0.39, 0.29) is 32.0 Å². The second-order valence-corrected chi connectivity index (χ2v) is 10.3. The van der Waals surface area contributed by atoms with Crippen molar-refractivity contribution in [1.82, 2.24) is 10.2 Å². The van der Waals surface area contributed by atoms with Gasteiger partial charge in [-0.2, -0.15) is 0 Å². The number of carboxylic acids is 1. The number of benzene rings is 3. The quantitative estimate of drug-likeness (QED) is 0.264. The van der Waals surface area contributed by atoms with Crippen molar-refractivity contribution in [3.8, 4) is 11.1 Å². The average Bonchev–Trinajstić information content (AvgIpc) is 3.60. The number of thiophene rings is 1. The zero-order valence-corrected chi connectivity index (χ0v) is 22.0. The second-order valence-electron chi connectivity index (χ2n) is 9.31. The van der Waals surface area contributed by atoms with Gasteiger partial charge in [-0.1, -0.05) is 84.9 Å². The SMILES string of the molecule is O=C(O)CCN(Cc1ccccc1)C(=O)C(NC(=O)OCC1c2ccccc2-c2ccccc21)c1cccs1. The molecule has 198 valence electrons. The molecule has 0 bridgehead atoms. The summed E-state index contributed by atoms with van der Waals surface area (Å²) in [7, 11) is 0. The summed E-state index contributed by atoms with van der Waals surface area (Å²) in [5.41, 5.74) is 5.31. The molecule has 8 heteroatoms. The number of fused-ring (bicyclic) bond motifs is 3. The monoisotopic (exact) mass is 540 g/mol. The maximum Gasteiger partial charge on any atom is 0.408 e. The molecule has 1 aromatic heterocycles. The molecule has 1 aliphatic carbocycles. The minimum atomic E-state index is -1.00. The summed E-state index contributed by atoms with van der Waals surface area (Å²) in [6, 6.07) is 28.1. The number of carbonyl (C=O) groups is 3. The molecule has 1 aliphatic rings. The summed E-state index contributed by atoms with van der Waals surface area (Å²) in [6.07, 6.45) is -0.915. The summed E-state index contributed by atoms with van der Waals surface area (Å²) in [5.74, 6) is -1.50. The third-order valence-electron chi connectivity index (χ3n) is 6.80. The molecule has 0 radical (unpaired) electrons. The van der Waals surface area contributed by atoms with Crippen LogP contribution in [-0.4, -0.2) is 41.1 Å². The van der Waals surface area contributed by atoms with Gasteiger partial charge in [0.05, 0.1) is 6.42 Å². The van der Waals surface area contributed by atoms with Crippen molar-refractivity contribution in [2.75, 3.05) is 13.2 Å². The normalized spacial score (nSPS) is 12.7. The Labute approximate surface area is 230 Å². The van der Waals surface area contributed by atoms with Crippen molar-refractivity contribution >= 4 is 29.3 Å². The van der Waals surface area contributed by atoms with Crippen LogP contribution in [0.25, 0.3) is 11.1 Å². The summed E-state index contributed by atoms with van der Waals surface area (Å²) < 4.78 is 5.70. The first-order valence-electron chi connectivity index (χ1n) is 12.7. The van der Waals surface area contributed by atoms with Crippen LogP contribution >= 0.6 is 11.3 Å². The number of amides is 2. The smallest absolute Gasteiger partial charge is 0.408 e. The number of hydrogen-bond donors (Lipinski definition) is 2. The zero-order valence-electron chi connectivity index (χ0n) is 21.2. The largest absolute Gasteiger partial charge is 0.481 e. The van der Waals surface area contributed by atoms with E-state index in [2.05, 4.69) is 17.4 Å². The first kappa shape index (κ1) is 26.2. The molecule has 0 spiro atoms. The Hall–Kier alpha value is -4.43. The van der Waals surface area contributed by atoms with Gasteiger partial charge in [-0.3, -0.25) is 9.59 Å². The van der Waals surface area contributed by atoms with Gasteiger partial charge < -0.3 is 20.1 Å². The molecule has 0 aliphatic heterocycles. The van der Waals surface area contributed by atoms with Crippen LogP contribution < -0.4 is 5.32 Å². The van der Waals surface area contributed by atoms with Gasteiger partial charge in [-0.25, -0.2) is 4.79 Å². The van der Waals surface area contributed by atoms with Crippen molar-refractivity contribution in [2.45, 2.75) is 24.9 Å². The first-order chi connectivity index (χ1) is 19.0. The van der Waals surface area contributed by atoms with E-state index in [9.17, 15) is 19.5 Å². The summed E-state index contributed by atoms with van der Waals surface area (Å²) >= 11 is 1.34. The van der Waals surface area contributed by atoms with E-state index in [1.54, 1.807) is 12.1 Å². The van der Waals surface area contributed by atoms with Gasteiger partial charge in [-0.05, 0) is 39.3 Å². The molecule has 1 unspecified atom stereocenters. The van der Waals surface area contributed by atoms with Crippen molar-refractivity contribution in [1.29, 1.82) is 0 Å². The molecule has 0 saturated heterocycles. The third kappa shape index (κ3) is 6.02. The minimum absolute atomic E-state index is 0.0112. The molecular formula is C31H28N2O5S. The van der Waals surface area contributed by atoms with Crippen LogP contribution in [0.3, 0.4) is 0 Å². The van der Waals surface area contributed by atoms with E-state index < -0.39 is 24.0 Å². The third-order valence-corrected chi connectivity index (χ3v) is 7.74. The molecule has 4 aromatic rings. The lowest BCUT2D eigenvalue weighted by Gasteiger charge is -2.27. The van der Waals surface area contributed by atoms with Crippen molar-refractivity contribution in [3.63, 3.8) is 0 Å². The first-order valence-corrected chi connectivity index (χ1v) is 13.6. The van der Waals surface area contributed by atoms with Crippen LogP contribution in [-0.2, 0) is 20.9 Å². The number of ether oxygens (including phenoxy) is 1. The topological polar surface area (TPSA) is 95.9 Å². The number of hydrogen-bond acceptors (Lipinski definition) is 5. The highest BCUT2D eigenvalue weighted by atomic mass is 32.1. The van der Waals surface area contributed by atoms with Gasteiger partial charge in [0.2, 0.25) is 0 Å². The molecule has 3 aromatic carbocycles. The number of rotatable bonds is 10. The van der Waals surface area contributed by atoms with Gasteiger partial charge in [0.1, 0.15) is 12.6 Å². The Morgan fingerprint density at radius 2 is 1.51 bits per heavy atom. The van der Waals surface area contributed by atoms with E-state index in [1.807, 2.05) is 72.1 Å². The molecule has 39 heavy (non-hydrogen) atoms. The molecule has 2 amide bonds. The zero-order chi connectivity index (χ0) is 27.2. The highest BCUT2D eigenvalue weighted by Gasteiger charge is 2.32. The molecule has 5 rings (SSSR count). The fourth-order valence-electron chi connectivity index (χ4n) is 4.95. The predicted molar refractivity (Wildman–Crippen MR) is 149 cm³/mol. The van der Waals surface area contributed by atoms with Crippen molar-refractivity contribution < 1.29 is 24.2 Å². The lowest BCUT2D eigenvalue weighted by molar-refractivity contribution is -0.139. The highest BCUT2D eigenvalue weighted by Crippen LogP contribution is 2.44. The van der Waals surface area contributed by atoms with Gasteiger partial charge >= 0.3 is 12.1 Å².